The summed E-state index contributed by atoms with van der Waals surface area (Å²) in [6, 6.07) is 9.65. The molecule has 0 amide bonds. The zero-order chi connectivity index (χ0) is 25.7. The summed E-state index contributed by atoms with van der Waals surface area (Å²) in [6.07, 6.45) is 14.3. The fourth-order valence-corrected chi connectivity index (χ4v) is 9.59. The minimum atomic E-state index is -0.489. The highest BCUT2D eigenvalue weighted by atomic mass is 16.3. The Labute approximate surface area is 219 Å². The highest BCUT2D eigenvalue weighted by molar-refractivity contribution is 5.33. The van der Waals surface area contributed by atoms with Crippen LogP contribution in [0.25, 0.3) is 0 Å². The van der Waals surface area contributed by atoms with E-state index in [9.17, 15) is 15.5 Å². The number of hydrogen-bond acceptors (Lipinski definition) is 3. The Morgan fingerprint density at radius 2 is 1.89 bits per heavy atom. The molecule has 0 spiro atoms. The smallest absolute Gasteiger partial charge is 0.0991 e. The number of fused-ring (bicyclic) bond motifs is 5. The first kappa shape index (κ1) is 26.0. The van der Waals surface area contributed by atoms with Crippen molar-refractivity contribution in [1.82, 2.24) is 0 Å². The summed E-state index contributed by atoms with van der Waals surface area (Å²) in [7, 11) is 0. The summed E-state index contributed by atoms with van der Waals surface area (Å²) in [5, 5.41) is 31.1. The summed E-state index contributed by atoms with van der Waals surface area (Å²) in [5.74, 6) is 3.71. The lowest BCUT2D eigenvalue weighted by molar-refractivity contribution is -0.0757. The second-order valence-electron chi connectivity index (χ2n) is 13.6. The second kappa shape index (κ2) is 9.59. The SMILES string of the molecule is CC[C@]1(O)CC[C@@]2(C)C(=CC[C@@H]3C2CC[C@]2(C)[C@@H]([C@H](C)CC[C@@H](O)c4cccc(C#N)c4)CC[C@@H]32)C1. The Hall–Kier alpha value is -1.63. The van der Waals surface area contributed by atoms with Crippen molar-refractivity contribution < 1.29 is 10.2 Å². The number of rotatable bonds is 6. The van der Waals surface area contributed by atoms with Crippen molar-refractivity contribution in [3.8, 4) is 6.07 Å². The van der Waals surface area contributed by atoms with Crippen LogP contribution in [0.2, 0.25) is 0 Å². The van der Waals surface area contributed by atoms with Gasteiger partial charge in [0.2, 0.25) is 0 Å². The normalized spacial score (nSPS) is 41.3. The number of allylic oxidation sites excluding steroid dienone is 1. The molecular weight excluding hydrogens is 442 g/mol. The van der Waals surface area contributed by atoms with Gasteiger partial charge in [0.25, 0.3) is 0 Å². The average molecular weight is 490 g/mol. The zero-order valence-corrected chi connectivity index (χ0v) is 23.0. The van der Waals surface area contributed by atoms with E-state index in [0.717, 1.165) is 67.8 Å². The maximum Gasteiger partial charge on any atom is 0.0991 e. The van der Waals surface area contributed by atoms with E-state index in [4.69, 9.17) is 0 Å². The third kappa shape index (κ3) is 4.27. The molecule has 36 heavy (non-hydrogen) atoms. The first-order chi connectivity index (χ1) is 17.1. The van der Waals surface area contributed by atoms with Gasteiger partial charge in [-0.05, 0) is 129 Å². The summed E-state index contributed by atoms with van der Waals surface area (Å²) < 4.78 is 0. The Balaban J connectivity index is 1.27. The molecule has 0 radical (unpaired) electrons. The van der Waals surface area contributed by atoms with Crippen LogP contribution in [0.1, 0.15) is 116 Å². The van der Waals surface area contributed by atoms with Crippen molar-refractivity contribution in [2.75, 3.05) is 0 Å². The van der Waals surface area contributed by atoms with Gasteiger partial charge in [0.15, 0.2) is 0 Å². The van der Waals surface area contributed by atoms with Gasteiger partial charge < -0.3 is 10.2 Å². The highest BCUT2D eigenvalue weighted by Crippen LogP contribution is 2.67. The van der Waals surface area contributed by atoms with Gasteiger partial charge in [0.05, 0.1) is 23.3 Å². The zero-order valence-electron chi connectivity index (χ0n) is 23.0. The molecule has 0 bridgehead atoms. The molecule has 1 aromatic carbocycles. The van der Waals surface area contributed by atoms with E-state index >= 15 is 0 Å². The molecule has 5 rings (SSSR count). The molecule has 0 aliphatic heterocycles. The van der Waals surface area contributed by atoms with Crippen molar-refractivity contribution in [3.05, 3.63) is 47.0 Å². The average Bonchev–Trinajstić information content (AvgIpc) is 3.25. The number of aliphatic hydroxyl groups excluding tert-OH is 1. The predicted molar refractivity (Wildman–Crippen MR) is 145 cm³/mol. The van der Waals surface area contributed by atoms with Crippen molar-refractivity contribution in [1.29, 1.82) is 5.26 Å². The number of nitrogens with zero attached hydrogens (tertiary/aromatic N) is 1. The van der Waals surface area contributed by atoms with Gasteiger partial charge in [-0.3, -0.25) is 0 Å². The molecular formula is C33H47NO2. The Morgan fingerprint density at radius 3 is 2.64 bits per heavy atom. The molecule has 3 saturated carbocycles. The van der Waals surface area contributed by atoms with E-state index in [1.165, 1.54) is 32.1 Å². The van der Waals surface area contributed by atoms with Crippen LogP contribution >= 0.6 is 0 Å². The first-order valence-electron chi connectivity index (χ1n) is 14.7. The number of nitriles is 1. The molecule has 0 aromatic heterocycles. The maximum atomic E-state index is 11.0. The molecule has 196 valence electrons. The minimum Gasteiger partial charge on any atom is -0.390 e. The van der Waals surface area contributed by atoms with Gasteiger partial charge in [0, 0.05) is 0 Å². The van der Waals surface area contributed by atoms with Gasteiger partial charge in [-0.2, -0.15) is 5.26 Å². The fraction of sp³-hybridized carbons (Fsp3) is 0.727. The molecule has 0 heterocycles. The maximum absolute atomic E-state index is 11.0. The van der Waals surface area contributed by atoms with E-state index in [1.54, 1.807) is 11.6 Å². The van der Waals surface area contributed by atoms with Gasteiger partial charge in [0.1, 0.15) is 0 Å². The van der Waals surface area contributed by atoms with Crippen molar-refractivity contribution in [2.45, 2.75) is 110 Å². The molecule has 4 aliphatic carbocycles. The van der Waals surface area contributed by atoms with Crippen molar-refractivity contribution in [2.24, 2.45) is 40.4 Å². The third-order valence-corrected chi connectivity index (χ3v) is 12.0. The lowest BCUT2D eigenvalue weighted by Crippen LogP contribution is -2.52. The van der Waals surface area contributed by atoms with Crippen molar-refractivity contribution >= 4 is 0 Å². The summed E-state index contributed by atoms with van der Waals surface area (Å²) >= 11 is 0. The Bertz CT molecular complexity index is 1040. The Morgan fingerprint density at radius 1 is 1.08 bits per heavy atom. The highest BCUT2D eigenvalue weighted by Gasteiger charge is 2.59. The van der Waals surface area contributed by atoms with E-state index in [1.807, 2.05) is 18.2 Å². The minimum absolute atomic E-state index is 0.289. The number of aliphatic hydroxyl groups is 2. The van der Waals surface area contributed by atoms with Crippen LogP contribution in [-0.2, 0) is 0 Å². The third-order valence-electron chi connectivity index (χ3n) is 12.0. The standard InChI is InChI=1S/C33H47NO2/c1-5-33(36)18-17-31(3)25(20-33)10-11-26-28-13-12-27(32(28,4)16-15-29(26)31)22(2)9-14-30(35)24-8-6-7-23(19-24)21-34/h6-8,10,19,22,26-30,35-36H,5,9,11-18,20H2,1-4H3/t22-,26+,27-,28+,29?,30-,31+,32-,33+/m1/s1. The molecule has 2 N–H and O–H groups in total. The molecule has 9 atom stereocenters. The monoisotopic (exact) mass is 489 g/mol. The van der Waals surface area contributed by atoms with Crippen molar-refractivity contribution in [3.63, 3.8) is 0 Å². The predicted octanol–water partition coefficient (Wildman–Crippen LogP) is 7.73. The van der Waals surface area contributed by atoms with Crippen LogP contribution in [0.5, 0.6) is 0 Å². The summed E-state index contributed by atoms with van der Waals surface area (Å²) in [5.41, 5.74) is 3.29. The van der Waals surface area contributed by atoms with Gasteiger partial charge in [-0.1, -0.05) is 51.5 Å². The lowest BCUT2D eigenvalue weighted by atomic mass is 9.46. The summed E-state index contributed by atoms with van der Waals surface area (Å²) in [4.78, 5) is 0. The first-order valence-corrected chi connectivity index (χ1v) is 14.7. The van der Waals surface area contributed by atoms with Gasteiger partial charge >= 0.3 is 0 Å². The topological polar surface area (TPSA) is 64.2 Å². The second-order valence-corrected chi connectivity index (χ2v) is 13.6. The molecule has 1 unspecified atom stereocenters. The molecule has 4 aliphatic rings. The van der Waals surface area contributed by atoms with Crippen LogP contribution in [0.4, 0.5) is 0 Å². The van der Waals surface area contributed by atoms with E-state index < -0.39 is 11.7 Å². The largest absolute Gasteiger partial charge is 0.390 e. The molecule has 3 heteroatoms. The van der Waals surface area contributed by atoms with E-state index in [-0.39, 0.29) is 5.41 Å². The number of hydrogen-bond donors (Lipinski definition) is 2. The van der Waals surface area contributed by atoms with E-state index in [2.05, 4.69) is 39.8 Å². The van der Waals surface area contributed by atoms with Crippen LogP contribution in [0, 0.1) is 51.8 Å². The quantitative estimate of drug-likeness (QED) is 0.402. The molecule has 3 nitrogen and oxygen atoms in total. The van der Waals surface area contributed by atoms with Gasteiger partial charge in [-0.25, -0.2) is 0 Å². The fourth-order valence-electron chi connectivity index (χ4n) is 9.59. The molecule has 3 fully saturated rings. The van der Waals surface area contributed by atoms with Crippen LogP contribution < -0.4 is 0 Å². The molecule has 1 aromatic rings. The van der Waals surface area contributed by atoms with Gasteiger partial charge in [-0.15, -0.1) is 0 Å². The van der Waals surface area contributed by atoms with Crippen LogP contribution in [0.15, 0.2) is 35.9 Å². The Kier molecular flexibility index (Phi) is 6.93. The van der Waals surface area contributed by atoms with Crippen LogP contribution in [0.3, 0.4) is 0 Å². The van der Waals surface area contributed by atoms with E-state index in [0.29, 0.717) is 16.9 Å². The lowest BCUT2D eigenvalue weighted by Gasteiger charge is -2.59. The van der Waals surface area contributed by atoms with Crippen LogP contribution in [-0.4, -0.2) is 15.8 Å². The molecule has 0 saturated heterocycles. The number of benzene rings is 1. The summed E-state index contributed by atoms with van der Waals surface area (Å²) in [6.45, 7) is 9.71.